The van der Waals surface area contributed by atoms with Crippen molar-refractivity contribution in [1.29, 1.82) is 0 Å². The maximum Gasteiger partial charge on any atom is 0.407 e. The molecule has 1 saturated carbocycles. The molecule has 1 aliphatic rings. The summed E-state index contributed by atoms with van der Waals surface area (Å²) in [7, 11) is 1.33. The summed E-state index contributed by atoms with van der Waals surface area (Å²) in [5.74, 6) is -1.48. The number of methoxy groups -OCH3 is 1. The Balaban J connectivity index is 1.44. The molecule has 9 nitrogen and oxygen atoms in total. The molecule has 1 aromatic carbocycles. The molecule has 3 heterocycles. The van der Waals surface area contributed by atoms with Crippen molar-refractivity contribution in [1.82, 2.24) is 24.9 Å². The van der Waals surface area contributed by atoms with Gasteiger partial charge >= 0.3 is 6.09 Å². The van der Waals surface area contributed by atoms with Crippen LogP contribution in [0.15, 0.2) is 48.9 Å². The third kappa shape index (κ3) is 4.89. The standard InChI is InChI=1S/C27H28F2N6O3/c1-14-7-15(8-22(30)26(14)33-27(37)38-2)19-5-6-31-12-16(19)9-24-32-13-17-3-4-23(34-35(17)24)25-20(28)10-18(36)11-21(25)29/h3-6,10-15,22,26,36H,7-9,30H2,1-2H3,(H,33,37)/t14-,15+,22+,26-/m0/s1. The number of hydrogen-bond donors (Lipinski definition) is 3. The van der Waals surface area contributed by atoms with Crippen LogP contribution < -0.4 is 11.1 Å². The van der Waals surface area contributed by atoms with Crippen molar-refractivity contribution in [3.05, 3.63) is 77.5 Å². The SMILES string of the molecule is COC(=O)N[C@@H]1[C@H](N)C[C@H](c2ccncc2Cc2ncc3ccc(-c4c(F)cc(O)cc4F)nn23)C[C@@H]1C. The molecule has 1 amide bonds. The monoisotopic (exact) mass is 522 g/mol. The molecule has 3 aromatic heterocycles. The second-order valence-corrected chi connectivity index (χ2v) is 9.74. The lowest BCUT2D eigenvalue weighted by atomic mass is 9.72. The second-order valence-electron chi connectivity index (χ2n) is 9.74. The van der Waals surface area contributed by atoms with E-state index in [0.717, 1.165) is 29.7 Å². The van der Waals surface area contributed by atoms with Crippen LogP contribution >= 0.6 is 0 Å². The number of alkyl carbamates (subject to hydrolysis) is 1. The first kappa shape index (κ1) is 25.5. The van der Waals surface area contributed by atoms with E-state index >= 15 is 0 Å². The van der Waals surface area contributed by atoms with Crippen LogP contribution in [0.1, 0.15) is 42.6 Å². The predicted molar refractivity (Wildman–Crippen MR) is 135 cm³/mol. The van der Waals surface area contributed by atoms with Gasteiger partial charge in [0, 0.05) is 43.0 Å². The molecule has 0 saturated heterocycles. The van der Waals surface area contributed by atoms with E-state index in [-0.39, 0.29) is 35.2 Å². The summed E-state index contributed by atoms with van der Waals surface area (Å²) in [6.45, 7) is 2.06. The Morgan fingerprint density at radius 1 is 1.21 bits per heavy atom. The first-order chi connectivity index (χ1) is 18.2. The second kappa shape index (κ2) is 10.3. The number of rotatable bonds is 5. The zero-order valence-electron chi connectivity index (χ0n) is 20.9. The molecule has 1 aliphatic carbocycles. The van der Waals surface area contributed by atoms with Gasteiger partial charge in [-0.1, -0.05) is 6.92 Å². The van der Waals surface area contributed by atoms with Gasteiger partial charge in [-0.15, -0.1) is 0 Å². The van der Waals surface area contributed by atoms with Crippen molar-refractivity contribution >= 4 is 11.6 Å². The van der Waals surface area contributed by atoms with Gasteiger partial charge in [-0.25, -0.2) is 23.1 Å². The number of pyridine rings is 1. The van der Waals surface area contributed by atoms with Crippen LogP contribution in [0.2, 0.25) is 0 Å². The highest BCUT2D eigenvalue weighted by atomic mass is 19.1. The molecule has 198 valence electrons. The van der Waals surface area contributed by atoms with Gasteiger partial charge in [-0.2, -0.15) is 5.10 Å². The number of amides is 1. The number of carbonyl (C=O) groups excluding carboxylic acids is 1. The lowest BCUT2D eigenvalue weighted by molar-refractivity contribution is 0.149. The van der Waals surface area contributed by atoms with E-state index in [2.05, 4.69) is 27.3 Å². The molecule has 0 spiro atoms. The number of nitrogens with zero attached hydrogens (tertiary/aromatic N) is 4. The summed E-state index contributed by atoms with van der Waals surface area (Å²) >= 11 is 0. The number of phenols is 1. The molecule has 5 rings (SSSR count). The molecule has 11 heteroatoms. The average molecular weight is 523 g/mol. The smallest absolute Gasteiger partial charge is 0.407 e. The number of nitrogens with one attached hydrogen (secondary N) is 1. The largest absolute Gasteiger partial charge is 0.508 e. The number of phenolic OH excluding ortho intramolecular Hbond substituents is 1. The Labute approximate surface area is 217 Å². The minimum atomic E-state index is -0.909. The molecule has 0 unspecified atom stereocenters. The van der Waals surface area contributed by atoms with Gasteiger partial charge in [0.05, 0.1) is 30.1 Å². The minimum absolute atomic E-state index is 0.0781. The van der Waals surface area contributed by atoms with Crippen molar-refractivity contribution in [2.45, 2.75) is 44.2 Å². The lowest BCUT2D eigenvalue weighted by Gasteiger charge is -2.39. The summed E-state index contributed by atoms with van der Waals surface area (Å²) < 4.78 is 35.3. The highest BCUT2D eigenvalue weighted by molar-refractivity contribution is 5.67. The molecule has 4 atom stereocenters. The van der Waals surface area contributed by atoms with Crippen molar-refractivity contribution in [2.24, 2.45) is 11.7 Å². The maximum atomic E-state index is 14.5. The molecular formula is C27H28F2N6O3. The van der Waals surface area contributed by atoms with Crippen LogP contribution in [0, 0.1) is 17.6 Å². The molecule has 1 fully saturated rings. The number of nitrogens with two attached hydrogens (primary N) is 1. The summed E-state index contributed by atoms with van der Waals surface area (Å²) in [5, 5.41) is 16.8. The van der Waals surface area contributed by atoms with Crippen molar-refractivity contribution in [3.63, 3.8) is 0 Å². The fourth-order valence-corrected chi connectivity index (χ4v) is 5.43. The van der Waals surface area contributed by atoms with E-state index in [1.807, 2.05) is 6.07 Å². The third-order valence-corrected chi connectivity index (χ3v) is 7.22. The van der Waals surface area contributed by atoms with Gasteiger partial charge in [-0.3, -0.25) is 4.98 Å². The summed E-state index contributed by atoms with van der Waals surface area (Å²) in [4.78, 5) is 20.6. The fraction of sp³-hybridized carbons (Fsp3) is 0.333. The Morgan fingerprint density at radius 2 is 1.97 bits per heavy atom. The van der Waals surface area contributed by atoms with Gasteiger partial charge in [-0.05, 0) is 54.0 Å². The summed E-state index contributed by atoms with van der Waals surface area (Å²) in [5.41, 5.74) is 8.92. The number of ether oxygens (including phenoxy) is 1. The number of imidazole rings is 1. The van der Waals surface area contributed by atoms with Crippen LogP contribution in [-0.4, -0.2) is 50.0 Å². The minimum Gasteiger partial charge on any atom is -0.508 e. The summed E-state index contributed by atoms with van der Waals surface area (Å²) in [6, 6.07) is 6.43. The number of hydrogen-bond acceptors (Lipinski definition) is 7. The van der Waals surface area contributed by atoms with E-state index in [1.165, 1.54) is 13.2 Å². The highest BCUT2D eigenvalue weighted by Gasteiger charge is 2.36. The number of halogens is 2. The quantitative estimate of drug-likeness (QED) is 0.362. The van der Waals surface area contributed by atoms with Crippen LogP contribution in [-0.2, 0) is 11.2 Å². The van der Waals surface area contributed by atoms with Gasteiger partial charge in [0.1, 0.15) is 23.2 Å². The Hall–Kier alpha value is -4.12. The van der Waals surface area contributed by atoms with E-state index in [4.69, 9.17) is 10.5 Å². The molecule has 4 N–H and O–H groups in total. The van der Waals surface area contributed by atoms with Crippen LogP contribution in [0.25, 0.3) is 16.8 Å². The number of benzene rings is 1. The Bertz CT molecular complexity index is 1460. The Morgan fingerprint density at radius 3 is 2.68 bits per heavy atom. The normalized spacial score (nSPS) is 21.4. The van der Waals surface area contributed by atoms with E-state index in [9.17, 15) is 18.7 Å². The number of aromatic nitrogens is 4. The van der Waals surface area contributed by atoms with Crippen molar-refractivity contribution < 1.29 is 23.4 Å². The van der Waals surface area contributed by atoms with Gasteiger partial charge in [0.2, 0.25) is 0 Å². The zero-order chi connectivity index (χ0) is 27.0. The first-order valence-electron chi connectivity index (χ1n) is 12.3. The molecule has 0 aliphatic heterocycles. The van der Waals surface area contributed by atoms with Crippen molar-refractivity contribution in [3.8, 4) is 17.0 Å². The average Bonchev–Trinajstić information content (AvgIpc) is 3.27. The highest BCUT2D eigenvalue weighted by Crippen LogP contribution is 2.37. The van der Waals surface area contributed by atoms with Gasteiger partial charge in [0.25, 0.3) is 0 Å². The summed E-state index contributed by atoms with van der Waals surface area (Å²) in [6.07, 6.45) is 6.54. The fourth-order valence-electron chi connectivity index (χ4n) is 5.43. The van der Waals surface area contributed by atoms with Gasteiger partial charge in [0.15, 0.2) is 0 Å². The Kier molecular flexibility index (Phi) is 6.94. The molecule has 38 heavy (non-hydrogen) atoms. The third-order valence-electron chi connectivity index (χ3n) is 7.22. The maximum absolute atomic E-state index is 14.5. The number of aromatic hydroxyl groups is 1. The van der Waals surface area contributed by atoms with E-state index in [1.54, 1.807) is 29.2 Å². The molecule has 4 aromatic rings. The van der Waals surface area contributed by atoms with E-state index < -0.39 is 23.5 Å². The first-order valence-corrected chi connectivity index (χ1v) is 12.3. The predicted octanol–water partition coefficient (Wildman–Crippen LogP) is 3.93. The molecule has 0 bridgehead atoms. The number of carbonyl (C=O) groups is 1. The van der Waals surface area contributed by atoms with Crippen LogP contribution in [0.4, 0.5) is 13.6 Å². The van der Waals surface area contributed by atoms with Crippen LogP contribution in [0.5, 0.6) is 5.75 Å². The molecular weight excluding hydrogens is 494 g/mol. The topological polar surface area (TPSA) is 128 Å². The lowest BCUT2D eigenvalue weighted by Crippen LogP contribution is -2.54. The molecule has 0 radical (unpaired) electrons. The van der Waals surface area contributed by atoms with Crippen molar-refractivity contribution in [2.75, 3.05) is 7.11 Å². The number of fused-ring (bicyclic) bond motifs is 1. The van der Waals surface area contributed by atoms with Gasteiger partial charge < -0.3 is 20.9 Å². The van der Waals surface area contributed by atoms with Crippen LogP contribution in [0.3, 0.4) is 0 Å². The zero-order valence-corrected chi connectivity index (χ0v) is 20.9. The van der Waals surface area contributed by atoms with E-state index in [0.29, 0.717) is 24.2 Å².